The zero-order valence-electron chi connectivity index (χ0n) is 8.69. The lowest BCUT2D eigenvalue weighted by molar-refractivity contribution is 1.15. The zero-order chi connectivity index (χ0) is 10.5. The van der Waals surface area contributed by atoms with E-state index in [1.807, 2.05) is 42.5 Å². The fourth-order valence-corrected chi connectivity index (χ4v) is 1.59. The molecular formula is C13H13Cl2N. The Hall–Kier alpha value is -1.18. The van der Waals surface area contributed by atoms with Crippen molar-refractivity contribution in [2.24, 2.45) is 0 Å². The smallest absolute Gasteiger partial charge is 0.0426 e. The van der Waals surface area contributed by atoms with Gasteiger partial charge in [0, 0.05) is 17.3 Å². The van der Waals surface area contributed by atoms with Crippen molar-refractivity contribution < 1.29 is 0 Å². The molecule has 0 saturated carbocycles. The van der Waals surface area contributed by atoms with Crippen LogP contribution in [0.25, 0.3) is 0 Å². The van der Waals surface area contributed by atoms with Crippen LogP contribution in [0.15, 0.2) is 54.6 Å². The quantitative estimate of drug-likeness (QED) is 0.857. The van der Waals surface area contributed by atoms with Crippen molar-refractivity contribution >= 4 is 29.7 Å². The van der Waals surface area contributed by atoms with E-state index in [1.54, 1.807) is 0 Å². The molecule has 0 heterocycles. The first-order chi connectivity index (χ1) is 7.34. The molecule has 0 radical (unpaired) electrons. The lowest BCUT2D eigenvalue weighted by Crippen LogP contribution is -1.98. The van der Waals surface area contributed by atoms with Gasteiger partial charge in [-0.25, -0.2) is 0 Å². The van der Waals surface area contributed by atoms with Crippen LogP contribution in [0.2, 0.25) is 5.02 Å². The van der Waals surface area contributed by atoms with Gasteiger partial charge in [-0.3, -0.25) is 0 Å². The average molecular weight is 254 g/mol. The molecule has 16 heavy (non-hydrogen) atoms. The van der Waals surface area contributed by atoms with Gasteiger partial charge in [0.15, 0.2) is 0 Å². The zero-order valence-corrected chi connectivity index (χ0v) is 10.3. The second-order valence-electron chi connectivity index (χ2n) is 3.35. The molecule has 2 aromatic rings. The molecule has 0 aliphatic heterocycles. The molecule has 0 aromatic heterocycles. The predicted molar refractivity (Wildman–Crippen MR) is 72.5 cm³/mol. The predicted octanol–water partition coefficient (Wildman–Crippen LogP) is 4.37. The fraction of sp³-hybridized carbons (Fsp3) is 0.0769. The molecule has 0 atom stereocenters. The van der Waals surface area contributed by atoms with E-state index in [4.69, 9.17) is 11.6 Å². The van der Waals surface area contributed by atoms with Crippen molar-refractivity contribution in [3.63, 3.8) is 0 Å². The number of anilines is 1. The Balaban J connectivity index is 0.00000128. The van der Waals surface area contributed by atoms with Gasteiger partial charge in [-0.1, -0.05) is 48.0 Å². The van der Waals surface area contributed by atoms with Gasteiger partial charge in [-0.05, 0) is 23.8 Å². The van der Waals surface area contributed by atoms with Crippen molar-refractivity contribution in [1.82, 2.24) is 0 Å². The number of benzene rings is 2. The molecule has 0 amide bonds. The van der Waals surface area contributed by atoms with Crippen molar-refractivity contribution in [1.29, 1.82) is 0 Å². The normalized spacial score (nSPS) is 9.31. The Kier molecular flexibility index (Phi) is 5.17. The summed E-state index contributed by atoms with van der Waals surface area (Å²) in [7, 11) is 0. The summed E-state index contributed by atoms with van der Waals surface area (Å²) in [6, 6.07) is 18.0. The van der Waals surface area contributed by atoms with E-state index in [0.717, 1.165) is 17.3 Å². The van der Waals surface area contributed by atoms with Crippen molar-refractivity contribution in [2.45, 2.75) is 6.54 Å². The van der Waals surface area contributed by atoms with Gasteiger partial charge < -0.3 is 5.32 Å². The van der Waals surface area contributed by atoms with Crippen LogP contribution in [0.4, 0.5) is 5.69 Å². The van der Waals surface area contributed by atoms with E-state index in [1.165, 1.54) is 5.56 Å². The van der Waals surface area contributed by atoms with E-state index in [-0.39, 0.29) is 12.4 Å². The van der Waals surface area contributed by atoms with Crippen LogP contribution in [-0.2, 0) is 6.54 Å². The molecule has 0 aliphatic carbocycles. The van der Waals surface area contributed by atoms with Crippen molar-refractivity contribution in [2.75, 3.05) is 5.32 Å². The van der Waals surface area contributed by atoms with Gasteiger partial charge in [-0.15, -0.1) is 12.4 Å². The summed E-state index contributed by atoms with van der Waals surface area (Å²) in [5, 5.41) is 4.07. The summed E-state index contributed by atoms with van der Waals surface area (Å²) in [5.74, 6) is 0. The Bertz CT molecular complexity index is 429. The average Bonchev–Trinajstić information content (AvgIpc) is 2.28. The van der Waals surface area contributed by atoms with Crippen LogP contribution in [0.5, 0.6) is 0 Å². The molecule has 0 saturated heterocycles. The lowest BCUT2D eigenvalue weighted by Gasteiger charge is -2.06. The summed E-state index contributed by atoms with van der Waals surface area (Å²) >= 11 is 5.89. The molecule has 2 aromatic carbocycles. The third-order valence-corrected chi connectivity index (χ3v) is 2.40. The number of rotatable bonds is 3. The standard InChI is InChI=1S/C13H12ClN.ClH/c14-12-7-4-8-13(9-12)15-10-11-5-2-1-3-6-11;/h1-9,15H,10H2;1H. The van der Waals surface area contributed by atoms with Crippen LogP contribution < -0.4 is 5.32 Å². The summed E-state index contributed by atoms with van der Waals surface area (Å²) in [5.41, 5.74) is 2.31. The molecule has 0 aliphatic rings. The van der Waals surface area contributed by atoms with Crippen LogP contribution in [-0.4, -0.2) is 0 Å². The SMILES string of the molecule is Cl.Clc1cccc(NCc2ccccc2)c1. The second-order valence-corrected chi connectivity index (χ2v) is 3.79. The van der Waals surface area contributed by atoms with E-state index in [2.05, 4.69) is 17.4 Å². The molecule has 1 nitrogen and oxygen atoms in total. The first-order valence-electron chi connectivity index (χ1n) is 4.88. The maximum atomic E-state index is 5.89. The Morgan fingerprint density at radius 1 is 0.938 bits per heavy atom. The largest absolute Gasteiger partial charge is 0.381 e. The highest BCUT2D eigenvalue weighted by atomic mass is 35.5. The van der Waals surface area contributed by atoms with Crippen LogP contribution in [0, 0.1) is 0 Å². The molecule has 0 bridgehead atoms. The highest BCUT2D eigenvalue weighted by Crippen LogP contribution is 2.15. The number of hydrogen-bond donors (Lipinski definition) is 1. The minimum absolute atomic E-state index is 0. The molecule has 0 fully saturated rings. The molecule has 84 valence electrons. The summed E-state index contributed by atoms with van der Waals surface area (Å²) < 4.78 is 0. The van der Waals surface area contributed by atoms with Gasteiger partial charge in [0.05, 0.1) is 0 Å². The topological polar surface area (TPSA) is 12.0 Å². The summed E-state index contributed by atoms with van der Waals surface area (Å²) in [6.07, 6.45) is 0. The van der Waals surface area contributed by atoms with Crippen molar-refractivity contribution in [3.05, 3.63) is 65.2 Å². The third-order valence-electron chi connectivity index (χ3n) is 2.16. The molecule has 1 N–H and O–H groups in total. The minimum atomic E-state index is 0. The van der Waals surface area contributed by atoms with Gasteiger partial charge in [-0.2, -0.15) is 0 Å². The summed E-state index contributed by atoms with van der Waals surface area (Å²) in [6.45, 7) is 0.821. The molecule has 0 spiro atoms. The van der Waals surface area contributed by atoms with Gasteiger partial charge in [0.25, 0.3) is 0 Å². The Morgan fingerprint density at radius 3 is 2.38 bits per heavy atom. The Morgan fingerprint density at radius 2 is 1.69 bits per heavy atom. The maximum Gasteiger partial charge on any atom is 0.0426 e. The fourth-order valence-electron chi connectivity index (χ4n) is 1.40. The van der Waals surface area contributed by atoms with E-state index < -0.39 is 0 Å². The summed E-state index contributed by atoms with van der Waals surface area (Å²) in [4.78, 5) is 0. The first-order valence-corrected chi connectivity index (χ1v) is 5.26. The highest BCUT2D eigenvalue weighted by Gasteiger charge is 1.93. The first kappa shape index (κ1) is 12.9. The Labute approximate surface area is 107 Å². The van der Waals surface area contributed by atoms with Crippen LogP contribution >= 0.6 is 24.0 Å². The van der Waals surface area contributed by atoms with Crippen LogP contribution in [0.1, 0.15) is 5.56 Å². The van der Waals surface area contributed by atoms with Crippen LogP contribution in [0.3, 0.4) is 0 Å². The number of nitrogens with one attached hydrogen (secondary N) is 1. The molecular weight excluding hydrogens is 241 g/mol. The van der Waals surface area contributed by atoms with Gasteiger partial charge in [0.1, 0.15) is 0 Å². The van der Waals surface area contributed by atoms with Crippen molar-refractivity contribution in [3.8, 4) is 0 Å². The molecule has 3 heteroatoms. The van der Waals surface area contributed by atoms with E-state index >= 15 is 0 Å². The van der Waals surface area contributed by atoms with E-state index in [0.29, 0.717) is 0 Å². The minimum Gasteiger partial charge on any atom is -0.381 e. The number of hydrogen-bond acceptors (Lipinski definition) is 1. The van der Waals surface area contributed by atoms with Gasteiger partial charge >= 0.3 is 0 Å². The second kappa shape index (κ2) is 6.41. The molecule has 2 rings (SSSR count). The lowest BCUT2D eigenvalue weighted by atomic mass is 10.2. The highest BCUT2D eigenvalue weighted by molar-refractivity contribution is 6.30. The van der Waals surface area contributed by atoms with E-state index in [9.17, 15) is 0 Å². The third kappa shape index (κ3) is 3.76. The molecule has 0 unspecified atom stereocenters. The number of halogens is 2. The van der Waals surface area contributed by atoms with Gasteiger partial charge in [0.2, 0.25) is 0 Å². The maximum absolute atomic E-state index is 5.89. The monoisotopic (exact) mass is 253 g/mol.